The van der Waals surface area contributed by atoms with Crippen molar-refractivity contribution in [3.05, 3.63) is 156 Å². The van der Waals surface area contributed by atoms with Crippen molar-refractivity contribution in [1.82, 2.24) is 0 Å². The summed E-state index contributed by atoms with van der Waals surface area (Å²) < 4.78 is 0. The predicted molar refractivity (Wildman–Crippen MR) is 175 cm³/mol. The maximum absolute atomic E-state index is 2.40. The van der Waals surface area contributed by atoms with Gasteiger partial charge in [-0.3, -0.25) is 0 Å². The van der Waals surface area contributed by atoms with Gasteiger partial charge < -0.3 is 0 Å². The second-order valence-electron chi connectivity index (χ2n) is 10.3. The molecule has 4 aromatic rings. The van der Waals surface area contributed by atoms with Crippen molar-refractivity contribution in [2.45, 2.75) is 31.3 Å². The molecule has 194 valence electrons. The van der Waals surface area contributed by atoms with Crippen molar-refractivity contribution < 1.29 is 0 Å². The summed E-state index contributed by atoms with van der Waals surface area (Å²) in [5, 5.41) is 4.54. The fourth-order valence-electron chi connectivity index (χ4n) is 5.99. The van der Waals surface area contributed by atoms with Gasteiger partial charge in [0.25, 0.3) is 0 Å². The molecule has 2 atom stereocenters. The van der Waals surface area contributed by atoms with Crippen LogP contribution in [0.4, 0.5) is 0 Å². The first-order chi connectivity index (χ1) is 19.4. The Morgan fingerprint density at radius 2 is 1.15 bits per heavy atom. The fraction of sp³-hybridized carbons (Fsp3) is 0.189. The summed E-state index contributed by atoms with van der Waals surface area (Å²) in [5.41, 5.74) is 6.51. The van der Waals surface area contributed by atoms with Gasteiger partial charge in [-0.2, -0.15) is 0 Å². The first-order valence-corrected chi connectivity index (χ1v) is 17.4. The molecule has 0 heterocycles. The third kappa shape index (κ3) is 6.09. The van der Waals surface area contributed by atoms with Gasteiger partial charge in [-0.1, -0.05) is 153 Å². The Bertz CT molecular complexity index is 1410. The lowest BCUT2D eigenvalue weighted by molar-refractivity contribution is 0.866. The highest BCUT2D eigenvalue weighted by atomic mass is 31.1. The number of benzene rings is 4. The van der Waals surface area contributed by atoms with E-state index in [9.17, 15) is 0 Å². The maximum Gasteiger partial charge on any atom is 0.0306 e. The SMILES string of the molecule is C1=CC2=C(CC1)C(P(CCCCP(c1ccccc1)c1ccccc1)c1ccccc1)c1ccccc1C=C2. The Balaban J connectivity index is 1.28. The van der Waals surface area contributed by atoms with Gasteiger partial charge in [-0.05, 0) is 78.5 Å². The summed E-state index contributed by atoms with van der Waals surface area (Å²) in [6.07, 6.45) is 16.8. The molecule has 6 rings (SSSR count). The van der Waals surface area contributed by atoms with Gasteiger partial charge in [0.05, 0.1) is 0 Å². The number of rotatable bonds is 9. The lowest BCUT2D eigenvalue weighted by Gasteiger charge is -2.33. The van der Waals surface area contributed by atoms with Crippen LogP contribution < -0.4 is 15.9 Å². The zero-order chi connectivity index (χ0) is 26.3. The van der Waals surface area contributed by atoms with Crippen molar-refractivity contribution in [2.75, 3.05) is 12.3 Å². The van der Waals surface area contributed by atoms with Crippen LogP contribution in [-0.2, 0) is 0 Å². The molecule has 0 amide bonds. The highest BCUT2D eigenvalue weighted by Gasteiger charge is 2.31. The third-order valence-corrected chi connectivity index (χ3v) is 13.5. The van der Waals surface area contributed by atoms with E-state index in [1.54, 1.807) is 10.9 Å². The van der Waals surface area contributed by atoms with Crippen molar-refractivity contribution in [3.8, 4) is 0 Å². The smallest absolute Gasteiger partial charge is 0.0306 e. The summed E-state index contributed by atoms with van der Waals surface area (Å²) in [5.74, 6) is 0. The second-order valence-corrected chi connectivity index (χ2v) is 15.1. The van der Waals surface area contributed by atoms with E-state index in [1.807, 2.05) is 0 Å². The van der Waals surface area contributed by atoms with Crippen molar-refractivity contribution in [2.24, 2.45) is 0 Å². The summed E-state index contributed by atoms with van der Waals surface area (Å²) in [6, 6.07) is 43.0. The van der Waals surface area contributed by atoms with Crippen LogP contribution in [0.15, 0.2) is 145 Å². The molecule has 0 fully saturated rings. The van der Waals surface area contributed by atoms with Gasteiger partial charge in [0.15, 0.2) is 0 Å². The Morgan fingerprint density at radius 1 is 0.564 bits per heavy atom. The van der Waals surface area contributed by atoms with Crippen LogP contribution in [0.25, 0.3) is 6.08 Å². The topological polar surface area (TPSA) is 0 Å². The molecular formula is C37H36P2. The van der Waals surface area contributed by atoms with E-state index in [0.29, 0.717) is 5.66 Å². The molecule has 2 heteroatoms. The molecule has 2 aliphatic rings. The van der Waals surface area contributed by atoms with Gasteiger partial charge in [0.1, 0.15) is 0 Å². The zero-order valence-corrected chi connectivity index (χ0v) is 24.3. The second kappa shape index (κ2) is 12.9. The molecule has 4 aromatic carbocycles. The van der Waals surface area contributed by atoms with E-state index >= 15 is 0 Å². The summed E-state index contributed by atoms with van der Waals surface area (Å²) in [4.78, 5) is 0. The summed E-state index contributed by atoms with van der Waals surface area (Å²) >= 11 is 0. The van der Waals surface area contributed by atoms with Crippen LogP contribution in [0.1, 0.15) is 42.5 Å². The van der Waals surface area contributed by atoms with Crippen LogP contribution in [0.2, 0.25) is 0 Å². The molecule has 0 nitrogen and oxygen atoms in total. The zero-order valence-electron chi connectivity index (χ0n) is 22.5. The minimum Gasteiger partial charge on any atom is -0.0836 e. The van der Waals surface area contributed by atoms with Crippen molar-refractivity contribution in [1.29, 1.82) is 0 Å². The Hall–Kier alpha value is -3.04. The Kier molecular flexibility index (Phi) is 8.65. The first kappa shape index (κ1) is 26.2. The molecule has 0 aliphatic heterocycles. The number of hydrogen-bond donors (Lipinski definition) is 0. The quantitative estimate of drug-likeness (QED) is 0.146. The van der Waals surface area contributed by atoms with Gasteiger partial charge in [0, 0.05) is 5.66 Å². The summed E-state index contributed by atoms with van der Waals surface area (Å²) in [6.45, 7) is 0. The lowest BCUT2D eigenvalue weighted by atomic mass is 9.92. The van der Waals surface area contributed by atoms with Gasteiger partial charge in [-0.15, -0.1) is 0 Å². The molecule has 0 radical (unpaired) electrons. The van der Waals surface area contributed by atoms with Gasteiger partial charge >= 0.3 is 0 Å². The molecule has 0 N–H and O–H groups in total. The minimum absolute atomic E-state index is 0.331. The molecular weight excluding hydrogens is 506 g/mol. The normalized spacial score (nSPS) is 17.0. The fourth-order valence-corrected chi connectivity index (χ4v) is 11.6. The van der Waals surface area contributed by atoms with Crippen LogP contribution >= 0.6 is 15.8 Å². The Morgan fingerprint density at radius 3 is 1.85 bits per heavy atom. The molecule has 0 aromatic heterocycles. The van der Waals surface area contributed by atoms with Crippen molar-refractivity contribution >= 4 is 37.8 Å². The molecule has 2 aliphatic carbocycles. The average molecular weight is 543 g/mol. The van der Waals surface area contributed by atoms with E-state index in [4.69, 9.17) is 0 Å². The average Bonchev–Trinajstić information content (AvgIpc) is 3.17. The minimum atomic E-state index is -0.385. The van der Waals surface area contributed by atoms with E-state index in [1.165, 1.54) is 58.9 Å². The number of unbranched alkanes of at least 4 members (excludes halogenated alkanes) is 1. The number of fused-ring (bicyclic) bond motifs is 1. The van der Waals surface area contributed by atoms with E-state index < -0.39 is 0 Å². The molecule has 2 unspecified atom stereocenters. The largest absolute Gasteiger partial charge is 0.0836 e. The highest BCUT2D eigenvalue weighted by molar-refractivity contribution is 7.73. The van der Waals surface area contributed by atoms with Crippen LogP contribution in [0.3, 0.4) is 0 Å². The molecule has 0 spiro atoms. The molecule has 0 bridgehead atoms. The lowest BCUT2D eigenvalue weighted by Crippen LogP contribution is -2.16. The van der Waals surface area contributed by atoms with Gasteiger partial charge in [0.2, 0.25) is 0 Å². The monoisotopic (exact) mass is 542 g/mol. The van der Waals surface area contributed by atoms with Crippen LogP contribution in [-0.4, -0.2) is 12.3 Å². The van der Waals surface area contributed by atoms with E-state index in [0.717, 1.165) is 6.42 Å². The Labute approximate surface area is 236 Å². The third-order valence-electron chi connectivity index (χ3n) is 7.88. The first-order valence-electron chi connectivity index (χ1n) is 14.2. The van der Waals surface area contributed by atoms with Crippen molar-refractivity contribution in [3.63, 3.8) is 0 Å². The van der Waals surface area contributed by atoms with E-state index in [-0.39, 0.29) is 15.8 Å². The predicted octanol–water partition coefficient (Wildman–Crippen LogP) is 9.12. The van der Waals surface area contributed by atoms with Gasteiger partial charge in [-0.25, -0.2) is 0 Å². The molecule has 0 saturated heterocycles. The van der Waals surface area contributed by atoms with Crippen LogP contribution in [0, 0.1) is 0 Å². The number of hydrogen-bond acceptors (Lipinski definition) is 0. The molecule has 0 saturated carbocycles. The standard InChI is InChI=1S/C37H36P2/c1-4-18-32(19-5-1)38(33-20-6-2-7-21-33)28-14-15-29-39(34-22-8-3-9-23-34)37-35-24-12-10-16-30(35)26-27-31-17-11-13-25-36(31)37/h1-12,16-24,26-27,37H,13-15,25,28-29H2. The highest BCUT2D eigenvalue weighted by Crippen LogP contribution is 2.58. The molecule has 39 heavy (non-hydrogen) atoms. The maximum atomic E-state index is 2.40. The van der Waals surface area contributed by atoms with E-state index in [2.05, 4.69) is 140 Å². The summed E-state index contributed by atoms with van der Waals surface area (Å²) in [7, 11) is -0.716. The number of allylic oxidation sites excluding steroid dienone is 5. The van der Waals surface area contributed by atoms with Crippen LogP contribution in [0.5, 0.6) is 0 Å².